The van der Waals surface area contributed by atoms with Gasteiger partial charge in [0, 0.05) is 16.6 Å². The monoisotopic (exact) mass is 218 g/mol. The summed E-state index contributed by atoms with van der Waals surface area (Å²) in [5.74, 6) is 4.91. The molecule has 0 radical (unpaired) electrons. The van der Waals surface area contributed by atoms with Crippen LogP contribution in [0.5, 0.6) is 0 Å². The lowest BCUT2D eigenvalue weighted by Gasteiger charge is -2.02. The second-order valence-electron chi connectivity index (χ2n) is 2.08. The van der Waals surface area contributed by atoms with Crippen LogP contribution in [0.1, 0.15) is 5.56 Å². The summed E-state index contributed by atoms with van der Waals surface area (Å²) in [5, 5.41) is 0.494. The molecule has 1 rings (SSSR count). The highest BCUT2D eigenvalue weighted by Gasteiger charge is 2.00. The van der Waals surface area contributed by atoms with Crippen molar-refractivity contribution in [3.05, 3.63) is 29.6 Å². The highest BCUT2D eigenvalue weighted by molar-refractivity contribution is 9.08. The molecule has 1 aromatic rings. The Bertz CT molecular complexity index is 252. The predicted octanol–water partition coefficient (Wildman–Crippen LogP) is 2.01. The lowest BCUT2D eigenvalue weighted by atomic mass is 10.2. The molecule has 60 valence electrons. The fourth-order valence-corrected chi connectivity index (χ4v) is 1.20. The SMILES string of the molecule is NNc1ccc(F)c(CBr)c1. The maximum absolute atomic E-state index is 12.8. The molecule has 0 bridgehead atoms. The molecule has 0 fully saturated rings. The molecule has 11 heavy (non-hydrogen) atoms. The normalized spacial score (nSPS) is 9.73. The molecular weight excluding hydrogens is 211 g/mol. The van der Waals surface area contributed by atoms with Crippen molar-refractivity contribution in [2.45, 2.75) is 5.33 Å². The Balaban J connectivity index is 3.02. The van der Waals surface area contributed by atoms with E-state index in [2.05, 4.69) is 21.4 Å². The van der Waals surface area contributed by atoms with Gasteiger partial charge in [0.15, 0.2) is 0 Å². The zero-order chi connectivity index (χ0) is 8.27. The van der Waals surface area contributed by atoms with E-state index in [1.54, 1.807) is 12.1 Å². The van der Waals surface area contributed by atoms with Crippen LogP contribution >= 0.6 is 15.9 Å². The van der Waals surface area contributed by atoms with E-state index in [-0.39, 0.29) is 5.82 Å². The average Bonchev–Trinajstić information content (AvgIpc) is 2.05. The predicted molar refractivity (Wildman–Crippen MR) is 46.8 cm³/mol. The Morgan fingerprint density at radius 3 is 2.82 bits per heavy atom. The van der Waals surface area contributed by atoms with E-state index < -0.39 is 0 Å². The zero-order valence-electron chi connectivity index (χ0n) is 5.77. The number of benzene rings is 1. The number of nitrogens with two attached hydrogens (primary N) is 1. The van der Waals surface area contributed by atoms with Gasteiger partial charge in [0.1, 0.15) is 5.82 Å². The van der Waals surface area contributed by atoms with Crippen molar-refractivity contribution in [2.24, 2.45) is 5.84 Å². The third-order valence-electron chi connectivity index (χ3n) is 1.36. The summed E-state index contributed by atoms with van der Waals surface area (Å²) in [4.78, 5) is 0. The third-order valence-corrected chi connectivity index (χ3v) is 1.96. The van der Waals surface area contributed by atoms with Gasteiger partial charge in [0.25, 0.3) is 0 Å². The van der Waals surface area contributed by atoms with Crippen molar-refractivity contribution in [3.63, 3.8) is 0 Å². The first-order valence-electron chi connectivity index (χ1n) is 3.09. The van der Waals surface area contributed by atoms with Gasteiger partial charge in [0.05, 0.1) is 0 Å². The smallest absolute Gasteiger partial charge is 0.127 e. The van der Waals surface area contributed by atoms with Crippen LogP contribution in [-0.4, -0.2) is 0 Å². The standard InChI is InChI=1S/C7H8BrFN2/c8-4-5-3-6(11-10)1-2-7(5)9/h1-3,11H,4,10H2. The molecule has 0 amide bonds. The Hall–Kier alpha value is -0.610. The highest BCUT2D eigenvalue weighted by atomic mass is 79.9. The number of nitrogens with one attached hydrogen (secondary N) is 1. The van der Waals surface area contributed by atoms with E-state index in [1.165, 1.54) is 6.07 Å². The molecule has 0 aliphatic carbocycles. The van der Waals surface area contributed by atoms with Crippen LogP contribution in [-0.2, 0) is 5.33 Å². The largest absolute Gasteiger partial charge is 0.324 e. The summed E-state index contributed by atoms with van der Waals surface area (Å²) in [5.41, 5.74) is 3.75. The number of halogens is 2. The van der Waals surface area contributed by atoms with E-state index in [1.807, 2.05) is 0 Å². The number of alkyl halides is 1. The van der Waals surface area contributed by atoms with Gasteiger partial charge in [-0.3, -0.25) is 5.84 Å². The minimum absolute atomic E-state index is 0.221. The van der Waals surface area contributed by atoms with Crippen LogP contribution in [0.25, 0.3) is 0 Å². The first-order valence-corrected chi connectivity index (χ1v) is 4.21. The van der Waals surface area contributed by atoms with Gasteiger partial charge in [-0.05, 0) is 18.2 Å². The van der Waals surface area contributed by atoms with Gasteiger partial charge >= 0.3 is 0 Å². The second-order valence-corrected chi connectivity index (χ2v) is 2.64. The molecule has 0 aliphatic rings. The summed E-state index contributed by atoms with van der Waals surface area (Å²) in [7, 11) is 0. The molecule has 0 aliphatic heterocycles. The summed E-state index contributed by atoms with van der Waals surface area (Å²) in [6.45, 7) is 0. The highest BCUT2D eigenvalue weighted by Crippen LogP contribution is 2.15. The maximum Gasteiger partial charge on any atom is 0.127 e. The molecule has 0 aromatic heterocycles. The number of hydrogen-bond acceptors (Lipinski definition) is 2. The number of hydrazine groups is 1. The van der Waals surface area contributed by atoms with Crippen molar-refractivity contribution in [1.29, 1.82) is 0 Å². The zero-order valence-corrected chi connectivity index (χ0v) is 7.36. The molecule has 1 aromatic carbocycles. The fraction of sp³-hybridized carbons (Fsp3) is 0.143. The van der Waals surface area contributed by atoms with Crippen LogP contribution in [0.2, 0.25) is 0 Å². The number of rotatable bonds is 2. The number of nitrogen functional groups attached to an aromatic ring is 1. The van der Waals surface area contributed by atoms with Gasteiger partial charge in [0.2, 0.25) is 0 Å². The Morgan fingerprint density at radius 1 is 1.55 bits per heavy atom. The van der Waals surface area contributed by atoms with Gasteiger partial charge in [-0.2, -0.15) is 0 Å². The van der Waals surface area contributed by atoms with Crippen LogP contribution in [0.15, 0.2) is 18.2 Å². The summed E-state index contributed by atoms with van der Waals surface area (Å²) < 4.78 is 12.8. The molecule has 0 atom stereocenters. The van der Waals surface area contributed by atoms with Crippen LogP contribution in [0.3, 0.4) is 0 Å². The number of anilines is 1. The van der Waals surface area contributed by atoms with Crippen molar-refractivity contribution in [3.8, 4) is 0 Å². The molecule has 2 nitrogen and oxygen atoms in total. The Labute approximate surface area is 72.7 Å². The molecule has 0 unspecified atom stereocenters. The fourth-order valence-electron chi connectivity index (χ4n) is 0.767. The van der Waals surface area contributed by atoms with Crippen LogP contribution in [0, 0.1) is 5.82 Å². The van der Waals surface area contributed by atoms with E-state index in [4.69, 9.17) is 5.84 Å². The summed E-state index contributed by atoms with van der Waals surface area (Å²) in [6.07, 6.45) is 0. The molecular formula is C7H8BrFN2. The van der Waals surface area contributed by atoms with Gasteiger partial charge in [-0.1, -0.05) is 15.9 Å². The van der Waals surface area contributed by atoms with Crippen molar-refractivity contribution < 1.29 is 4.39 Å². The Morgan fingerprint density at radius 2 is 2.27 bits per heavy atom. The van der Waals surface area contributed by atoms with E-state index in [0.717, 1.165) is 0 Å². The van der Waals surface area contributed by atoms with Crippen LogP contribution < -0.4 is 11.3 Å². The number of hydrogen-bond donors (Lipinski definition) is 2. The lowest BCUT2D eigenvalue weighted by Crippen LogP contribution is -2.07. The van der Waals surface area contributed by atoms with Crippen LogP contribution in [0.4, 0.5) is 10.1 Å². The van der Waals surface area contributed by atoms with Crippen molar-refractivity contribution >= 4 is 21.6 Å². The first kappa shape index (κ1) is 8.49. The summed E-state index contributed by atoms with van der Waals surface area (Å²) >= 11 is 3.16. The molecule has 0 heterocycles. The van der Waals surface area contributed by atoms with E-state index >= 15 is 0 Å². The van der Waals surface area contributed by atoms with E-state index in [9.17, 15) is 4.39 Å². The lowest BCUT2D eigenvalue weighted by molar-refractivity contribution is 0.618. The summed E-state index contributed by atoms with van der Waals surface area (Å²) in [6, 6.07) is 4.62. The molecule has 4 heteroatoms. The minimum atomic E-state index is -0.221. The molecule has 3 N–H and O–H groups in total. The molecule has 0 saturated carbocycles. The Kier molecular flexibility index (Phi) is 2.84. The van der Waals surface area contributed by atoms with E-state index in [0.29, 0.717) is 16.6 Å². The second kappa shape index (κ2) is 3.69. The van der Waals surface area contributed by atoms with Gasteiger partial charge in [-0.15, -0.1) is 0 Å². The third kappa shape index (κ3) is 1.91. The average molecular weight is 219 g/mol. The van der Waals surface area contributed by atoms with Crippen molar-refractivity contribution in [2.75, 3.05) is 5.43 Å². The quantitative estimate of drug-likeness (QED) is 0.453. The van der Waals surface area contributed by atoms with Crippen molar-refractivity contribution in [1.82, 2.24) is 0 Å². The topological polar surface area (TPSA) is 38.0 Å². The first-order chi connectivity index (χ1) is 5.27. The molecule has 0 saturated heterocycles. The minimum Gasteiger partial charge on any atom is -0.324 e. The van der Waals surface area contributed by atoms with Gasteiger partial charge < -0.3 is 5.43 Å². The molecule has 0 spiro atoms. The van der Waals surface area contributed by atoms with Gasteiger partial charge in [-0.25, -0.2) is 4.39 Å². The maximum atomic E-state index is 12.8.